The Morgan fingerprint density at radius 3 is 2.47 bits per heavy atom. The lowest BCUT2D eigenvalue weighted by atomic mass is 10.1. The average Bonchev–Trinajstić information content (AvgIpc) is 2.45. The lowest BCUT2D eigenvalue weighted by molar-refractivity contribution is 0.298. The molecule has 0 aromatic heterocycles. The van der Waals surface area contributed by atoms with Crippen molar-refractivity contribution in [3.05, 3.63) is 65.5 Å². The number of hydrogen-bond acceptors (Lipinski definition) is 3. The van der Waals surface area contributed by atoms with Crippen molar-refractivity contribution in [3.8, 4) is 5.75 Å². The van der Waals surface area contributed by atoms with Crippen molar-refractivity contribution >= 4 is 0 Å². The molecule has 19 heavy (non-hydrogen) atoms. The molecule has 0 amide bonds. The van der Waals surface area contributed by atoms with Gasteiger partial charge < -0.3 is 16.2 Å². The summed E-state index contributed by atoms with van der Waals surface area (Å²) >= 11 is 0. The van der Waals surface area contributed by atoms with Gasteiger partial charge in [-0.25, -0.2) is 4.39 Å². The summed E-state index contributed by atoms with van der Waals surface area (Å²) in [6.07, 6.45) is 0. The number of nitrogens with two attached hydrogens (primary N) is 2. The maximum absolute atomic E-state index is 13.8. The van der Waals surface area contributed by atoms with E-state index in [9.17, 15) is 4.39 Å². The first-order chi connectivity index (χ1) is 9.22. The summed E-state index contributed by atoms with van der Waals surface area (Å²) in [6.45, 7) is 0.539. The van der Waals surface area contributed by atoms with Crippen LogP contribution in [-0.4, -0.2) is 6.54 Å². The first kappa shape index (κ1) is 13.5. The van der Waals surface area contributed by atoms with E-state index in [4.69, 9.17) is 16.2 Å². The molecular formula is C15H17FN2O. The zero-order valence-electron chi connectivity index (χ0n) is 10.6. The Morgan fingerprint density at radius 1 is 1.05 bits per heavy atom. The first-order valence-electron chi connectivity index (χ1n) is 6.13. The fourth-order valence-electron chi connectivity index (χ4n) is 1.86. The smallest absolute Gasteiger partial charge is 0.131 e. The van der Waals surface area contributed by atoms with Gasteiger partial charge in [-0.2, -0.15) is 0 Å². The van der Waals surface area contributed by atoms with Gasteiger partial charge in [0.05, 0.1) is 0 Å². The predicted octanol–water partition coefficient (Wildman–Crippen LogP) is 2.36. The third kappa shape index (κ3) is 3.30. The molecule has 0 aliphatic carbocycles. The van der Waals surface area contributed by atoms with Crippen LogP contribution in [0.3, 0.4) is 0 Å². The molecule has 0 saturated carbocycles. The lowest BCUT2D eigenvalue weighted by Crippen LogP contribution is -2.22. The largest absolute Gasteiger partial charge is 0.488 e. The minimum atomic E-state index is -0.563. The molecule has 3 nitrogen and oxygen atoms in total. The standard InChI is InChI=1S/C15H17FN2O/c16-12-7-4-8-14(15(12)13(18)9-17)19-10-11-5-2-1-3-6-11/h1-8,13H,9-10,17-18H2. The van der Waals surface area contributed by atoms with E-state index in [-0.39, 0.29) is 12.4 Å². The molecule has 2 aromatic carbocycles. The Kier molecular flexibility index (Phi) is 4.49. The van der Waals surface area contributed by atoms with Crippen LogP contribution in [0, 0.1) is 5.82 Å². The summed E-state index contributed by atoms with van der Waals surface area (Å²) in [7, 11) is 0. The number of benzene rings is 2. The van der Waals surface area contributed by atoms with E-state index in [2.05, 4.69) is 0 Å². The lowest BCUT2D eigenvalue weighted by Gasteiger charge is -2.16. The highest BCUT2D eigenvalue weighted by Gasteiger charge is 2.16. The van der Waals surface area contributed by atoms with Crippen molar-refractivity contribution in [2.45, 2.75) is 12.6 Å². The third-order valence-corrected chi connectivity index (χ3v) is 2.87. The Labute approximate surface area is 112 Å². The molecule has 0 radical (unpaired) electrons. The highest BCUT2D eigenvalue weighted by atomic mass is 19.1. The summed E-state index contributed by atoms with van der Waals surface area (Å²) in [5.74, 6) is 0.0605. The second-order valence-electron chi connectivity index (χ2n) is 4.27. The SMILES string of the molecule is NCC(N)c1c(F)cccc1OCc1ccccc1. The van der Waals surface area contributed by atoms with Gasteiger partial charge in [0.25, 0.3) is 0 Å². The van der Waals surface area contributed by atoms with Crippen LogP contribution in [0.5, 0.6) is 5.75 Å². The number of rotatable bonds is 5. The van der Waals surface area contributed by atoms with Crippen LogP contribution in [0.25, 0.3) is 0 Å². The third-order valence-electron chi connectivity index (χ3n) is 2.87. The molecule has 100 valence electrons. The molecule has 4 heteroatoms. The maximum Gasteiger partial charge on any atom is 0.131 e. The molecule has 0 saturated heterocycles. The Bertz CT molecular complexity index is 531. The van der Waals surface area contributed by atoms with Gasteiger partial charge in [-0.3, -0.25) is 0 Å². The molecule has 1 atom stereocenters. The molecule has 0 aliphatic rings. The van der Waals surface area contributed by atoms with Crippen LogP contribution in [0.1, 0.15) is 17.2 Å². The van der Waals surface area contributed by atoms with E-state index in [0.29, 0.717) is 17.9 Å². The fourth-order valence-corrected chi connectivity index (χ4v) is 1.86. The number of halogens is 1. The van der Waals surface area contributed by atoms with Crippen molar-refractivity contribution in [3.63, 3.8) is 0 Å². The fraction of sp³-hybridized carbons (Fsp3) is 0.200. The van der Waals surface area contributed by atoms with Crippen LogP contribution in [-0.2, 0) is 6.61 Å². The summed E-state index contributed by atoms with van der Waals surface area (Å²) in [6, 6.07) is 13.8. The van der Waals surface area contributed by atoms with Crippen molar-refractivity contribution < 1.29 is 9.13 Å². The normalized spacial score (nSPS) is 12.2. The van der Waals surface area contributed by atoms with E-state index in [1.165, 1.54) is 6.07 Å². The minimum Gasteiger partial charge on any atom is -0.488 e. The molecule has 2 aromatic rings. The van der Waals surface area contributed by atoms with Crippen molar-refractivity contribution in [1.29, 1.82) is 0 Å². The average molecular weight is 260 g/mol. The van der Waals surface area contributed by atoms with Crippen LogP contribution in [0.15, 0.2) is 48.5 Å². The van der Waals surface area contributed by atoms with Crippen LogP contribution < -0.4 is 16.2 Å². The van der Waals surface area contributed by atoms with Crippen molar-refractivity contribution in [2.75, 3.05) is 6.54 Å². The number of hydrogen-bond donors (Lipinski definition) is 2. The van der Waals surface area contributed by atoms with E-state index in [0.717, 1.165) is 5.56 Å². The van der Waals surface area contributed by atoms with Crippen molar-refractivity contribution in [1.82, 2.24) is 0 Å². The number of ether oxygens (including phenoxy) is 1. The van der Waals surface area contributed by atoms with Gasteiger partial charge in [0.15, 0.2) is 0 Å². The molecule has 0 bridgehead atoms. The topological polar surface area (TPSA) is 61.3 Å². The zero-order chi connectivity index (χ0) is 13.7. The Morgan fingerprint density at radius 2 is 1.79 bits per heavy atom. The molecule has 0 aliphatic heterocycles. The van der Waals surface area contributed by atoms with E-state index < -0.39 is 6.04 Å². The summed E-state index contributed by atoms with van der Waals surface area (Å²) in [4.78, 5) is 0. The van der Waals surface area contributed by atoms with E-state index in [1.54, 1.807) is 12.1 Å². The summed E-state index contributed by atoms with van der Waals surface area (Å²) in [5.41, 5.74) is 12.7. The molecule has 1 unspecified atom stereocenters. The highest BCUT2D eigenvalue weighted by Crippen LogP contribution is 2.27. The summed E-state index contributed by atoms with van der Waals surface area (Å²) < 4.78 is 19.4. The monoisotopic (exact) mass is 260 g/mol. The van der Waals surface area contributed by atoms with E-state index >= 15 is 0 Å². The zero-order valence-corrected chi connectivity index (χ0v) is 10.6. The maximum atomic E-state index is 13.8. The van der Waals surface area contributed by atoms with Gasteiger partial charge in [0.2, 0.25) is 0 Å². The van der Waals surface area contributed by atoms with Gasteiger partial charge in [-0.1, -0.05) is 36.4 Å². The summed E-state index contributed by atoms with van der Waals surface area (Å²) in [5, 5.41) is 0. The molecule has 0 fully saturated rings. The van der Waals surface area contributed by atoms with Crippen LogP contribution in [0.2, 0.25) is 0 Å². The van der Waals surface area contributed by atoms with Gasteiger partial charge in [-0.15, -0.1) is 0 Å². The van der Waals surface area contributed by atoms with Crippen LogP contribution in [0.4, 0.5) is 4.39 Å². The highest BCUT2D eigenvalue weighted by molar-refractivity contribution is 5.37. The van der Waals surface area contributed by atoms with Gasteiger partial charge >= 0.3 is 0 Å². The Balaban J connectivity index is 2.18. The van der Waals surface area contributed by atoms with Gasteiger partial charge in [0, 0.05) is 18.2 Å². The van der Waals surface area contributed by atoms with Crippen LogP contribution >= 0.6 is 0 Å². The molecule has 4 N–H and O–H groups in total. The second-order valence-corrected chi connectivity index (χ2v) is 4.27. The molecule has 2 rings (SSSR count). The van der Waals surface area contributed by atoms with Gasteiger partial charge in [-0.05, 0) is 17.7 Å². The molecular weight excluding hydrogens is 243 g/mol. The van der Waals surface area contributed by atoms with Gasteiger partial charge in [0.1, 0.15) is 18.2 Å². The second kappa shape index (κ2) is 6.31. The Hall–Kier alpha value is -1.91. The molecule has 0 spiro atoms. The quantitative estimate of drug-likeness (QED) is 0.867. The molecule has 0 heterocycles. The first-order valence-corrected chi connectivity index (χ1v) is 6.13. The van der Waals surface area contributed by atoms with Crippen molar-refractivity contribution in [2.24, 2.45) is 11.5 Å². The predicted molar refractivity (Wildman–Crippen MR) is 73.2 cm³/mol. The van der Waals surface area contributed by atoms with E-state index in [1.807, 2.05) is 30.3 Å². The minimum absolute atomic E-state index is 0.169.